The van der Waals surface area contributed by atoms with Crippen LogP contribution in [-0.4, -0.2) is 9.97 Å². The summed E-state index contributed by atoms with van der Waals surface area (Å²) in [5.41, 5.74) is -0.652. The number of nitrogens with one attached hydrogen (secondary N) is 1. The highest BCUT2D eigenvalue weighted by Gasteiger charge is 2.31. The molecule has 1 aromatic carbocycles. The van der Waals surface area contributed by atoms with Crippen molar-refractivity contribution in [2.75, 3.05) is 5.32 Å². The number of hydrogen-bond acceptors (Lipinski definition) is 3. The number of alkyl halides is 3. The Hall–Kier alpha value is -1.34. The molecule has 1 aromatic heterocycles. The Morgan fingerprint density at radius 3 is 2.50 bits per heavy atom. The topological polar surface area (TPSA) is 37.8 Å². The summed E-state index contributed by atoms with van der Waals surface area (Å²) < 4.78 is 38.5. The van der Waals surface area contributed by atoms with Crippen molar-refractivity contribution >= 4 is 39.0 Å². The van der Waals surface area contributed by atoms with Crippen molar-refractivity contribution in [3.05, 3.63) is 45.3 Å². The lowest BCUT2D eigenvalue weighted by atomic mass is 10.2. The molecule has 0 atom stereocenters. The predicted molar refractivity (Wildman–Crippen MR) is 74.2 cm³/mol. The molecule has 0 saturated heterocycles. The van der Waals surface area contributed by atoms with Gasteiger partial charge in [0.1, 0.15) is 16.2 Å². The molecular formula is C12H8BrClF3N3. The molecule has 106 valence electrons. The van der Waals surface area contributed by atoms with E-state index in [1.54, 1.807) is 13.0 Å². The number of aromatic nitrogens is 2. The maximum Gasteiger partial charge on any atom is 0.416 e. The van der Waals surface area contributed by atoms with Gasteiger partial charge in [-0.3, -0.25) is 0 Å². The van der Waals surface area contributed by atoms with Crippen LogP contribution in [0.2, 0.25) is 5.02 Å². The average molecular weight is 367 g/mol. The third-order valence-electron chi connectivity index (χ3n) is 2.36. The lowest BCUT2D eigenvalue weighted by Crippen LogP contribution is -2.06. The van der Waals surface area contributed by atoms with E-state index < -0.39 is 11.7 Å². The fourth-order valence-electron chi connectivity index (χ4n) is 1.53. The molecule has 8 heteroatoms. The second kappa shape index (κ2) is 5.57. The smallest absolute Gasteiger partial charge is 0.339 e. The summed E-state index contributed by atoms with van der Waals surface area (Å²) >= 11 is 9.08. The molecule has 2 rings (SSSR count). The normalized spacial score (nSPS) is 11.5. The van der Waals surface area contributed by atoms with Gasteiger partial charge in [-0.05, 0) is 41.1 Å². The Bertz CT molecular complexity index is 626. The van der Waals surface area contributed by atoms with Crippen LogP contribution >= 0.6 is 27.5 Å². The first-order valence-electron chi connectivity index (χ1n) is 5.40. The summed E-state index contributed by atoms with van der Waals surface area (Å²) in [7, 11) is 0. The van der Waals surface area contributed by atoms with E-state index in [4.69, 9.17) is 11.6 Å². The zero-order valence-electron chi connectivity index (χ0n) is 10.1. The molecular weight excluding hydrogens is 359 g/mol. The number of benzene rings is 1. The van der Waals surface area contributed by atoms with Crippen LogP contribution in [0.15, 0.2) is 28.9 Å². The van der Waals surface area contributed by atoms with Gasteiger partial charge in [-0.1, -0.05) is 11.6 Å². The zero-order chi connectivity index (χ0) is 14.9. The van der Waals surface area contributed by atoms with Crippen molar-refractivity contribution in [3.8, 4) is 0 Å². The first-order valence-corrected chi connectivity index (χ1v) is 6.58. The minimum absolute atomic E-state index is 0.131. The van der Waals surface area contributed by atoms with Crippen molar-refractivity contribution in [2.45, 2.75) is 13.1 Å². The van der Waals surface area contributed by atoms with Crippen molar-refractivity contribution in [1.29, 1.82) is 0 Å². The Balaban J connectivity index is 2.37. The number of rotatable bonds is 2. The second-order valence-corrected chi connectivity index (χ2v) is 5.16. The van der Waals surface area contributed by atoms with Crippen LogP contribution in [0.5, 0.6) is 0 Å². The summed E-state index contributed by atoms with van der Waals surface area (Å²) in [5, 5.41) is 2.92. The third kappa shape index (κ3) is 3.61. The van der Waals surface area contributed by atoms with Gasteiger partial charge in [-0.2, -0.15) is 13.2 Å². The van der Waals surface area contributed by atoms with Gasteiger partial charge in [-0.15, -0.1) is 0 Å². The highest BCUT2D eigenvalue weighted by molar-refractivity contribution is 9.10. The van der Waals surface area contributed by atoms with Crippen molar-refractivity contribution in [2.24, 2.45) is 0 Å². The van der Waals surface area contributed by atoms with Gasteiger partial charge in [0.05, 0.1) is 16.3 Å². The molecule has 0 aliphatic carbocycles. The Kier molecular flexibility index (Phi) is 4.19. The van der Waals surface area contributed by atoms with E-state index in [0.29, 0.717) is 16.2 Å². The quantitative estimate of drug-likeness (QED) is 0.763. The zero-order valence-corrected chi connectivity index (χ0v) is 12.4. The maximum atomic E-state index is 12.7. The van der Waals surface area contributed by atoms with Crippen LogP contribution in [0, 0.1) is 6.92 Å². The lowest BCUT2D eigenvalue weighted by molar-refractivity contribution is -0.137. The van der Waals surface area contributed by atoms with Gasteiger partial charge >= 0.3 is 6.18 Å². The van der Waals surface area contributed by atoms with Crippen LogP contribution in [0.25, 0.3) is 0 Å². The largest absolute Gasteiger partial charge is 0.416 e. The number of nitrogens with zero attached hydrogens (tertiary/aromatic N) is 2. The minimum atomic E-state index is -4.43. The maximum absolute atomic E-state index is 12.7. The summed E-state index contributed by atoms with van der Waals surface area (Å²) in [6.07, 6.45) is -4.43. The van der Waals surface area contributed by atoms with E-state index in [2.05, 4.69) is 31.2 Å². The van der Waals surface area contributed by atoms with E-state index in [0.717, 1.165) is 12.1 Å². The summed E-state index contributed by atoms with van der Waals surface area (Å²) in [5.74, 6) is 0.829. The van der Waals surface area contributed by atoms with Crippen LogP contribution in [0.4, 0.5) is 24.7 Å². The van der Waals surface area contributed by atoms with Crippen LogP contribution in [0.3, 0.4) is 0 Å². The number of aryl methyl sites for hydroxylation is 1. The predicted octanol–water partition coefficient (Wildman–Crippen LogP) is 4.96. The van der Waals surface area contributed by atoms with Crippen LogP contribution in [-0.2, 0) is 6.18 Å². The fraction of sp³-hybridized carbons (Fsp3) is 0.167. The van der Waals surface area contributed by atoms with Crippen molar-refractivity contribution < 1.29 is 13.2 Å². The number of hydrogen-bond donors (Lipinski definition) is 1. The third-order valence-corrected chi connectivity index (χ3v) is 3.10. The van der Waals surface area contributed by atoms with Gasteiger partial charge in [0.2, 0.25) is 0 Å². The van der Waals surface area contributed by atoms with Crippen LogP contribution in [0.1, 0.15) is 11.4 Å². The van der Waals surface area contributed by atoms with Crippen LogP contribution < -0.4 is 5.32 Å². The minimum Gasteiger partial charge on any atom is -0.339 e. The van der Waals surface area contributed by atoms with E-state index in [1.165, 1.54) is 6.07 Å². The molecule has 0 fully saturated rings. The molecule has 0 unspecified atom stereocenters. The molecule has 1 heterocycles. The molecule has 0 saturated carbocycles. The standard InChI is InChI=1S/C12H8BrClF3N3/c1-6-18-10(13)5-11(19-6)20-9-4-7(12(15,16)17)2-3-8(9)14/h2-5H,1H3,(H,18,19,20). The molecule has 3 nitrogen and oxygen atoms in total. The van der Waals surface area contributed by atoms with E-state index in [9.17, 15) is 13.2 Å². The SMILES string of the molecule is Cc1nc(Br)cc(Nc2cc(C(F)(F)F)ccc2Cl)n1. The first kappa shape index (κ1) is 15.1. The number of halogens is 5. The summed E-state index contributed by atoms with van der Waals surface area (Å²) in [4.78, 5) is 8.08. The van der Waals surface area contributed by atoms with E-state index >= 15 is 0 Å². The molecule has 0 bridgehead atoms. The molecule has 2 aromatic rings. The molecule has 0 spiro atoms. The Morgan fingerprint density at radius 2 is 1.90 bits per heavy atom. The summed E-state index contributed by atoms with van der Waals surface area (Å²) in [6.45, 7) is 1.67. The van der Waals surface area contributed by atoms with Crippen molar-refractivity contribution in [3.63, 3.8) is 0 Å². The fourth-order valence-corrected chi connectivity index (χ4v) is 2.17. The molecule has 20 heavy (non-hydrogen) atoms. The molecule has 1 N–H and O–H groups in total. The molecule has 0 amide bonds. The van der Waals surface area contributed by atoms with Gasteiger partial charge < -0.3 is 5.32 Å². The number of anilines is 2. The first-order chi connectivity index (χ1) is 9.25. The van der Waals surface area contributed by atoms with Gasteiger partial charge in [0, 0.05) is 6.07 Å². The average Bonchev–Trinajstić information content (AvgIpc) is 2.29. The monoisotopic (exact) mass is 365 g/mol. The van der Waals surface area contributed by atoms with E-state index in [-0.39, 0.29) is 10.7 Å². The van der Waals surface area contributed by atoms with Gasteiger partial charge in [0.25, 0.3) is 0 Å². The Labute approximate surface area is 126 Å². The lowest BCUT2D eigenvalue weighted by Gasteiger charge is -2.12. The Morgan fingerprint density at radius 1 is 1.20 bits per heavy atom. The molecule has 0 radical (unpaired) electrons. The van der Waals surface area contributed by atoms with Crippen molar-refractivity contribution in [1.82, 2.24) is 9.97 Å². The highest BCUT2D eigenvalue weighted by Crippen LogP contribution is 2.34. The highest BCUT2D eigenvalue weighted by atomic mass is 79.9. The second-order valence-electron chi connectivity index (χ2n) is 3.94. The van der Waals surface area contributed by atoms with E-state index in [1.807, 2.05) is 0 Å². The summed E-state index contributed by atoms with van der Waals surface area (Å²) in [6, 6.07) is 4.60. The molecule has 0 aliphatic heterocycles. The van der Waals surface area contributed by atoms with Gasteiger partial charge in [-0.25, -0.2) is 9.97 Å². The molecule has 0 aliphatic rings. The van der Waals surface area contributed by atoms with Gasteiger partial charge in [0.15, 0.2) is 0 Å².